The van der Waals surface area contributed by atoms with Crippen molar-refractivity contribution in [1.29, 1.82) is 5.26 Å². The summed E-state index contributed by atoms with van der Waals surface area (Å²) in [7, 11) is -2.65. The molecule has 1 aliphatic rings. The van der Waals surface area contributed by atoms with Crippen LogP contribution in [0, 0.1) is 11.3 Å². The van der Waals surface area contributed by atoms with Crippen LogP contribution >= 0.6 is 0 Å². The molecule has 0 aromatic heterocycles. The predicted molar refractivity (Wildman–Crippen MR) is 61.9 cm³/mol. The van der Waals surface area contributed by atoms with Crippen LogP contribution in [-0.4, -0.2) is 56.9 Å². The van der Waals surface area contributed by atoms with E-state index in [1.54, 1.807) is 13.0 Å². The predicted octanol–water partition coefficient (Wildman–Crippen LogP) is -0.508. The van der Waals surface area contributed by atoms with Gasteiger partial charge in [0, 0.05) is 6.54 Å². The van der Waals surface area contributed by atoms with E-state index in [0.29, 0.717) is 0 Å². The standard InChI is InChI=1S/C10H16N2O5S/c1-3-8(6-11)18(14,15)12-4-5-17-7-9(12)10(13)16-2/h8-9H,3-5,7H2,1-2H3. The molecule has 1 fully saturated rings. The Hall–Kier alpha value is -1.17. The van der Waals surface area contributed by atoms with Crippen molar-refractivity contribution in [3.8, 4) is 6.07 Å². The second-order valence-electron chi connectivity index (χ2n) is 3.80. The molecule has 0 amide bonds. The number of sulfonamides is 1. The molecule has 18 heavy (non-hydrogen) atoms. The van der Waals surface area contributed by atoms with Gasteiger partial charge in [-0.25, -0.2) is 8.42 Å². The second-order valence-corrected chi connectivity index (χ2v) is 5.86. The molecule has 7 nitrogen and oxygen atoms in total. The van der Waals surface area contributed by atoms with Gasteiger partial charge in [0.1, 0.15) is 6.04 Å². The van der Waals surface area contributed by atoms with Crippen LogP contribution in [0.15, 0.2) is 0 Å². The topological polar surface area (TPSA) is 96.7 Å². The van der Waals surface area contributed by atoms with Gasteiger partial charge in [-0.2, -0.15) is 9.57 Å². The van der Waals surface area contributed by atoms with Gasteiger partial charge in [-0.05, 0) is 6.42 Å². The smallest absolute Gasteiger partial charge is 0.326 e. The van der Waals surface area contributed by atoms with E-state index in [-0.39, 0.29) is 26.2 Å². The summed E-state index contributed by atoms with van der Waals surface area (Å²) in [5.41, 5.74) is 0. The SMILES string of the molecule is CCC(C#N)S(=O)(=O)N1CCOCC1C(=O)OC. The van der Waals surface area contributed by atoms with Crippen molar-refractivity contribution < 1.29 is 22.7 Å². The highest BCUT2D eigenvalue weighted by atomic mass is 32.2. The summed E-state index contributed by atoms with van der Waals surface area (Å²) in [4.78, 5) is 11.5. The monoisotopic (exact) mass is 276 g/mol. The number of esters is 1. The van der Waals surface area contributed by atoms with Gasteiger partial charge in [-0.1, -0.05) is 6.92 Å². The maximum Gasteiger partial charge on any atom is 0.326 e. The highest BCUT2D eigenvalue weighted by Gasteiger charge is 2.41. The van der Waals surface area contributed by atoms with E-state index < -0.39 is 27.3 Å². The van der Waals surface area contributed by atoms with Crippen molar-refractivity contribution in [2.75, 3.05) is 26.9 Å². The molecule has 0 aliphatic carbocycles. The molecule has 2 atom stereocenters. The molecular formula is C10H16N2O5S. The first kappa shape index (κ1) is 14.9. The first-order valence-corrected chi connectivity index (χ1v) is 7.05. The van der Waals surface area contributed by atoms with E-state index in [1.165, 1.54) is 7.11 Å². The van der Waals surface area contributed by atoms with E-state index in [1.807, 2.05) is 0 Å². The summed E-state index contributed by atoms with van der Waals surface area (Å²) in [5, 5.41) is 7.72. The van der Waals surface area contributed by atoms with E-state index in [0.717, 1.165) is 4.31 Å². The van der Waals surface area contributed by atoms with E-state index in [9.17, 15) is 13.2 Å². The van der Waals surface area contributed by atoms with Crippen LogP contribution in [0.1, 0.15) is 13.3 Å². The van der Waals surface area contributed by atoms with Crippen molar-refractivity contribution in [2.24, 2.45) is 0 Å². The lowest BCUT2D eigenvalue weighted by atomic mass is 10.3. The zero-order valence-corrected chi connectivity index (χ0v) is 11.1. The number of nitriles is 1. The van der Waals surface area contributed by atoms with Crippen LogP contribution in [-0.2, 0) is 24.3 Å². The molecule has 0 radical (unpaired) electrons. The van der Waals surface area contributed by atoms with Gasteiger partial charge >= 0.3 is 5.97 Å². The van der Waals surface area contributed by atoms with Crippen LogP contribution in [0.5, 0.6) is 0 Å². The van der Waals surface area contributed by atoms with E-state index in [4.69, 9.17) is 10.00 Å². The molecular weight excluding hydrogens is 260 g/mol. The second kappa shape index (κ2) is 6.13. The Morgan fingerprint density at radius 3 is 2.83 bits per heavy atom. The molecule has 1 rings (SSSR count). The number of nitrogens with zero attached hydrogens (tertiary/aromatic N) is 2. The van der Waals surface area contributed by atoms with Gasteiger partial charge in [-0.15, -0.1) is 0 Å². The molecule has 0 saturated carbocycles. The van der Waals surface area contributed by atoms with Crippen molar-refractivity contribution in [2.45, 2.75) is 24.6 Å². The molecule has 0 aromatic rings. The first-order valence-electron chi connectivity index (χ1n) is 5.54. The molecule has 2 unspecified atom stereocenters. The quantitative estimate of drug-likeness (QED) is 0.642. The zero-order valence-electron chi connectivity index (χ0n) is 10.3. The largest absolute Gasteiger partial charge is 0.468 e. The number of rotatable bonds is 4. The first-order chi connectivity index (χ1) is 8.48. The third-order valence-electron chi connectivity index (χ3n) is 2.75. The van der Waals surface area contributed by atoms with Gasteiger partial charge in [0.25, 0.3) is 0 Å². The zero-order chi connectivity index (χ0) is 13.8. The fourth-order valence-corrected chi connectivity index (χ4v) is 3.46. The van der Waals surface area contributed by atoms with Crippen LogP contribution in [0.4, 0.5) is 0 Å². The molecule has 0 aromatic carbocycles. The molecule has 1 heterocycles. The lowest BCUT2D eigenvalue weighted by molar-refractivity contribution is -0.149. The molecule has 1 saturated heterocycles. The Morgan fingerprint density at radius 2 is 2.33 bits per heavy atom. The van der Waals surface area contributed by atoms with Crippen molar-refractivity contribution in [1.82, 2.24) is 4.31 Å². The van der Waals surface area contributed by atoms with Crippen molar-refractivity contribution in [3.05, 3.63) is 0 Å². The lowest BCUT2D eigenvalue weighted by Gasteiger charge is -2.33. The third kappa shape index (κ3) is 2.80. The summed E-state index contributed by atoms with van der Waals surface area (Å²) >= 11 is 0. The highest BCUT2D eigenvalue weighted by Crippen LogP contribution is 2.19. The van der Waals surface area contributed by atoms with Crippen LogP contribution in [0.25, 0.3) is 0 Å². The minimum Gasteiger partial charge on any atom is -0.468 e. The number of hydrogen-bond acceptors (Lipinski definition) is 6. The average molecular weight is 276 g/mol. The van der Waals surface area contributed by atoms with Crippen LogP contribution in [0.2, 0.25) is 0 Å². The van der Waals surface area contributed by atoms with E-state index in [2.05, 4.69) is 4.74 Å². The van der Waals surface area contributed by atoms with Crippen molar-refractivity contribution in [3.63, 3.8) is 0 Å². The number of carbonyl (C=O) groups excluding carboxylic acids is 1. The van der Waals surface area contributed by atoms with Gasteiger partial charge in [0.2, 0.25) is 10.0 Å². The fraction of sp³-hybridized carbons (Fsp3) is 0.800. The lowest BCUT2D eigenvalue weighted by Crippen LogP contribution is -2.55. The highest BCUT2D eigenvalue weighted by molar-refractivity contribution is 7.90. The Kier molecular flexibility index (Phi) is 5.07. The Bertz CT molecular complexity index is 442. The summed E-state index contributed by atoms with van der Waals surface area (Å²) in [6.07, 6.45) is 0.171. The number of hydrogen-bond donors (Lipinski definition) is 0. The molecule has 1 aliphatic heterocycles. The number of carbonyl (C=O) groups is 1. The molecule has 102 valence electrons. The van der Waals surface area contributed by atoms with Gasteiger partial charge < -0.3 is 9.47 Å². The molecule has 8 heteroatoms. The Labute approximate surface area is 106 Å². The normalized spacial score (nSPS) is 23.1. The third-order valence-corrected chi connectivity index (χ3v) is 5.00. The number of morpholine rings is 1. The Balaban J connectivity index is 3.04. The van der Waals surface area contributed by atoms with Gasteiger partial charge in [0.05, 0.1) is 26.4 Å². The summed E-state index contributed by atoms with van der Waals surface area (Å²) in [5.74, 6) is -0.675. The molecule has 0 spiro atoms. The van der Waals surface area contributed by atoms with Crippen LogP contribution < -0.4 is 0 Å². The molecule has 0 bridgehead atoms. The summed E-state index contributed by atoms with van der Waals surface area (Å²) in [6, 6.07) is 0.741. The fourth-order valence-electron chi connectivity index (χ4n) is 1.75. The van der Waals surface area contributed by atoms with Gasteiger partial charge in [0.15, 0.2) is 5.25 Å². The van der Waals surface area contributed by atoms with Crippen LogP contribution in [0.3, 0.4) is 0 Å². The maximum atomic E-state index is 12.2. The van der Waals surface area contributed by atoms with Crippen molar-refractivity contribution >= 4 is 16.0 Å². The molecule has 0 N–H and O–H groups in total. The number of methoxy groups -OCH3 is 1. The number of ether oxygens (including phenoxy) is 2. The Morgan fingerprint density at radius 1 is 1.67 bits per heavy atom. The maximum absolute atomic E-state index is 12.2. The van der Waals surface area contributed by atoms with Gasteiger partial charge in [-0.3, -0.25) is 4.79 Å². The average Bonchev–Trinajstić information content (AvgIpc) is 2.39. The minimum atomic E-state index is -3.84. The summed E-state index contributed by atoms with van der Waals surface area (Å²) < 4.78 is 35.1. The summed E-state index contributed by atoms with van der Waals surface area (Å²) in [6.45, 7) is 1.82. The minimum absolute atomic E-state index is 0.0479. The van der Waals surface area contributed by atoms with E-state index >= 15 is 0 Å².